The van der Waals surface area contributed by atoms with E-state index in [1.165, 1.54) is 11.3 Å². The number of benzene rings is 1. The summed E-state index contributed by atoms with van der Waals surface area (Å²) in [5, 5.41) is 3.22. The van der Waals surface area contributed by atoms with E-state index in [2.05, 4.69) is 4.98 Å². The van der Waals surface area contributed by atoms with Gasteiger partial charge in [0.2, 0.25) is 0 Å². The van der Waals surface area contributed by atoms with Gasteiger partial charge in [-0.1, -0.05) is 23.7 Å². The Morgan fingerprint density at radius 2 is 2.24 bits per heavy atom. The molecule has 0 aliphatic carbocycles. The van der Waals surface area contributed by atoms with Crippen LogP contribution in [0.25, 0.3) is 0 Å². The number of carbonyl (C=O) groups excluding carboxylic acids is 1. The zero-order valence-corrected chi connectivity index (χ0v) is 10.5. The fraction of sp³-hybridized carbons (Fsp3) is 0.167. The molecule has 0 bridgehead atoms. The van der Waals surface area contributed by atoms with Crippen molar-refractivity contribution in [3.63, 3.8) is 0 Å². The molecular weight excluding hydrogens is 258 g/mol. The minimum Gasteiger partial charge on any atom is -0.492 e. The topological polar surface area (TPSA) is 39.2 Å². The molecule has 0 saturated carbocycles. The Kier molecular flexibility index (Phi) is 4.12. The molecule has 1 aromatic carbocycles. The molecule has 0 radical (unpaired) electrons. The maximum absolute atomic E-state index is 10.5. The highest BCUT2D eigenvalue weighted by atomic mass is 35.5. The number of para-hydroxylation sites is 1. The minimum atomic E-state index is 0.475. The van der Waals surface area contributed by atoms with E-state index >= 15 is 0 Å². The number of hydrogen-bond acceptors (Lipinski definition) is 4. The maximum Gasteiger partial charge on any atom is 0.169 e. The third-order valence-corrected chi connectivity index (χ3v) is 3.34. The molecule has 0 spiro atoms. The number of ether oxygens (including phenoxy) is 1. The quantitative estimate of drug-likeness (QED) is 0.781. The standard InChI is InChI=1S/C12H10ClNO2S/c13-10-3-1-2-4-11(10)16-6-5-12-14-9(7-15)8-17-12/h1-4,7-8H,5-6H2. The van der Waals surface area contributed by atoms with Crippen LogP contribution in [0.1, 0.15) is 15.5 Å². The van der Waals surface area contributed by atoms with Crippen LogP contribution in [-0.2, 0) is 6.42 Å². The van der Waals surface area contributed by atoms with Crippen molar-refractivity contribution in [2.24, 2.45) is 0 Å². The summed E-state index contributed by atoms with van der Waals surface area (Å²) in [4.78, 5) is 14.6. The smallest absolute Gasteiger partial charge is 0.169 e. The maximum atomic E-state index is 10.5. The summed E-state index contributed by atoms with van der Waals surface area (Å²) >= 11 is 7.41. The Hall–Kier alpha value is -1.39. The molecule has 2 rings (SSSR count). The van der Waals surface area contributed by atoms with Crippen LogP contribution in [0.2, 0.25) is 5.02 Å². The number of carbonyl (C=O) groups is 1. The van der Waals surface area contributed by atoms with Crippen LogP contribution in [0.3, 0.4) is 0 Å². The first-order valence-electron chi connectivity index (χ1n) is 5.06. The average Bonchev–Trinajstić information content (AvgIpc) is 2.80. The van der Waals surface area contributed by atoms with Crippen molar-refractivity contribution in [1.82, 2.24) is 4.98 Å². The molecule has 0 aliphatic rings. The Bertz CT molecular complexity index is 513. The van der Waals surface area contributed by atoms with E-state index in [0.717, 1.165) is 11.3 Å². The van der Waals surface area contributed by atoms with Crippen LogP contribution in [0.15, 0.2) is 29.6 Å². The molecule has 0 saturated heterocycles. The summed E-state index contributed by atoms with van der Waals surface area (Å²) in [6, 6.07) is 7.33. The molecule has 1 heterocycles. The van der Waals surface area contributed by atoms with Crippen LogP contribution >= 0.6 is 22.9 Å². The number of hydrogen-bond donors (Lipinski definition) is 0. The molecule has 17 heavy (non-hydrogen) atoms. The second-order valence-corrected chi connectivity index (χ2v) is 4.66. The number of halogens is 1. The third kappa shape index (κ3) is 3.28. The molecule has 2 aromatic rings. The number of aromatic nitrogens is 1. The molecule has 0 amide bonds. The summed E-state index contributed by atoms with van der Waals surface area (Å²) in [6.45, 7) is 0.496. The predicted octanol–water partition coefficient (Wildman–Crippen LogP) is 3.23. The highest BCUT2D eigenvalue weighted by Gasteiger charge is 2.03. The average molecular weight is 268 g/mol. The first kappa shape index (κ1) is 12.1. The molecule has 1 aromatic heterocycles. The van der Waals surface area contributed by atoms with Crippen LogP contribution in [0, 0.1) is 0 Å². The van der Waals surface area contributed by atoms with Gasteiger partial charge in [-0.2, -0.15) is 0 Å². The molecular formula is C12H10ClNO2S. The van der Waals surface area contributed by atoms with Gasteiger partial charge >= 0.3 is 0 Å². The van der Waals surface area contributed by atoms with E-state index in [-0.39, 0.29) is 0 Å². The monoisotopic (exact) mass is 267 g/mol. The summed E-state index contributed by atoms with van der Waals surface area (Å²) < 4.78 is 5.53. The van der Waals surface area contributed by atoms with E-state index in [1.54, 1.807) is 11.4 Å². The molecule has 88 valence electrons. The minimum absolute atomic E-state index is 0.475. The van der Waals surface area contributed by atoms with Crippen molar-refractivity contribution in [2.45, 2.75) is 6.42 Å². The fourth-order valence-electron chi connectivity index (χ4n) is 1.30. The van der Waals surface area contributed by atoms with Crippen LogP contribution in [-0.4, -0.2) is 17.9 Å². The zero-order chi connectivity index (χ0) is 12.1. The third-order valence-electron chi connectivity index (χ3n) is 2.10. The molecule has 3 nitrogen and oxygen atoms in total. The lowest BCUT2D eigenvalue weighted by Gasteiger charge is -2.05. The number of aldehydes is 1. The van der Waals surface area contributed by atoms with Crippen molar-refractivity contribution >= 4 is 29.2 Å². The van der Waals surface area contributed by atoms with Gasteiger partial charge in [0.05, 0.1) is 16.6 Å². The Morgan fingerprint density at radius 3 is 2.94 bits per heavy atom. The summed E-state index contributed by atoms with van der Waals surface area (Å²) in [5.41, 5.74) is 0.475. The van der Waals surface area contributed by atoms with E-state index < -0.39 is 0 Å². The van der Waals surface area contributed by atoms with Gasteiger partial charge < -0.3 is 4.74 Å². The van der Waals surface area contributed by atoms with E-state index in [4.69, 9.17) is 16.3 Å². The molecule has 0 N–H and O–H groups in total. The first-order valence-corrected chi connectivity index (χ1v) is 6.32. The lowest BCUT2D eigenvalue weighted by atomic mass is 10.3. The second-order valence-electron chi connectivity index (χ2n) is 3.31. The van der Waals surface area contributed by atoms with Gasteiger partial charge in [0.25, 0.3) is 0 Å². The second kappa shape index (κ2) is 5.80. The lowest BCUT2D eigenvalue weighted by Crippen LogP contribution is -2.01. The van der Waals surface area contributed by atoms with Gasteiger partial charge in [-0.15, -0.1) is 11.3 Å². The number of thiazole rings is 1. The largest absolute Gasteiger partial charge is 0.492 e. The normalized spacial score (nSPS) is 10.2. The van der Waals surface area contributed by atoms with Crippen molar-refractivity contribution in [2.75, 3.05) is 6.61 Å². The van der Waals surface area contributed by atoms with E-state index in [0.29, 0.717) is 29.5 Å². The SMILES string of the molecule is O=Cc1csc(CCOc2ccccc2Cl)n1. The molecule has 0 unspecified atom stereocenters. The van der Waals surface area contributed by atoms with Crippen molar-refractivity contribution in [3.05, 3.63) is 45.4 Å². The predicted molar refractivity (Wildman–Crippen MR) is 68.2 cm³/mol. The zero-order valence-electron chi connectivity index (χ0n) is 8.93. The lowest BCUT2D eigenvalue weighted by molar-refractivity contribution is 0.111. The van der Waals surface area contributed by atoms with E-state index in [1.807, 2.05) is 18.2 Å². The Labute approximate surface area is 108 Å². The van der Waals surface area contributed by atoms with Gasteiger partial charge in [0.15, 0.2) is 6.29 Å². The first-order chi connectivity index (χ1) is 8.29. The van der Waals surface area contributed by atoms with Crippen LogP contribution in [0.4, 0.5) is 0 Å². The molecule has 0 atom stereocenters. The van der Waals surface area contributed by atoms with Gasteiger partial charge in [-0.25, -0.2) is 4.98 Å². The fourth-order valence-corrected chi connectivity index (χ4v) is 2.22. The van der Waals surface area contributed by atoms with Crippen molar-refractivity contribution < 1.29 is 9.53 Å². The van der Waals surface area contributed by atoms with Crippen LogP contribution in [0.5, 0.6) is 5.75 Å². The number of nitrogens with zero attached hydrogens (tertiary/aromatic N) is 1. The Morgan fingerprint density at radius 1 is 1.41 bits per heavy atom. The number of rotatable bonds is 5. The summed E-state index contributed by atoms with van der Waals surface area (Å²) in [6.07, 6.45) is 1.42. The van der Waals surface area contributed by atoms with E-state index in [9.17, 15) is 4.79 Å². The highest BCUT2D eigenvalue weighted by molar-refractivity contribution is 7.09. The Balaban J connectivity index is 1.87. The van der Waals surface area contributed by atoms with Crippen molar-refractivity contribution in [1.29, 1.82) is 0 Å². The highest BCUT2D eigenvalue weighted by Crippen LogP contribution is 2.23. The molecule has 5 heteroatoms. The van der Waals surface area contributed by atoms with Gasteiger partial charge in [-0.05, 0) is 12.1 Å². The summed E-state index contributed by atoms with van der Waals surface area (Å²) in [5.74, 6) is 0.668. The van der Waals surface area contributed by atoms with Gasteiger partial charge in [-0.3, -0.25) is 4.79 Å². The summed E-state index contributed by atoms with van der Waals surface area (Å²) in [7, 11) is 0. The molecule has 0 aliphatic heterocycles. The van der Waals surface area contributed by atoms with Gasteiger partial charge in [0, 0.05) is 11.8 Å². The van der Waals surface area contributed by atoms with Crippen LogP contribution < -0.4 is 4.74 Å². The van der Waals surface area contributed by atoms with Crippen molar-refractivity contribution in [3.8, 4) is 5.75 Å². The van der Waals surface area contributed by atoms with Gasteiger partial charge in [0.1, 0.15) is 11.4 Å². The molecule has 0 fully saturated rings.